The molecule has 0 N–H and O–H groups in total. The summed E-state index contributed by atoms with van der Waals surface area (Å²) in [5.41, 5.74) is 15.6. The third-order valence-electron chi connectivity index (χ3n) is 13.3. The second kappa shape index (κ2) is 9.35. The van der Waals surface area contributed by atoms with Gasteiger partial charge in [0.2, 0.25) is 0 Å². The van der Waals surface area contributed by atoms with E-state index in [1.165, 1.54) is 76.1 Å². The van der Waals surface area contributed by atoms with E-state index in [1.54, 1.807) is 11.1 Å². The van der Waals surface area contributed by atoms with Crippen LogP contribution in [0.1, 0.15) is 36.8 Å². The summed E-state index contributed by atoms with van der Waals surface area (Å²) in [6.07, 6.45) is 5.90. The van der Waals surface area contributed by atoms with Crippen LogP contribution in [0.4, 0.5) is 17.1 Å². The molecule has 11 rings (SSSR count). The molecular weight excluding hydrogens is 567 g/mol. The Labute approximate surface area is 277 Å². The van der Waals surface area contributed by atoms with Gasteiger partial charge in [-0.05, 0) is 136 Å². The van der Waals surface area contributed by atoms with Crippen LogP contribution in [0.15, 0.2) is 152 Å². The molecule has 0 heterocycles. The van der Waals surface area contributed by atoms with E-state index in [0.29, 0.717) is 5.41 Å². The highest BCUT2D eigenvalue weighted by Gasteiger charge is 2.84. The zero-order chi connectivity index (χ0) is 30.7. The standard InChI is InChI=1S/C46H37N/c1-3-9-31(10-4-1)33-15-19-36(20-16-33)47(37-21-17-34(18-22-37)32-11-5-2-6-12-32)38-23-24-42-40(28-38)39-13-7-8-14-41(39)46(42)43-26-30-25-35-27-44(46)45(35,43)29-30/h1-24,28,30,35,43-44H,25-27,29H2. The first-order chi connectivity index (χ1) is 23.2. The molecule has 5 aliphatic carbocycles. The predicted octanol–water partition coefficient (Wildman–Crippen LogP) is 11.8. The molecule has 2 spiro atoms. The van der Waals surface area contributed by atoms with Crippen LogP contribution < -0.4 is 4.90 Å². The van der Waals surface area contributed by atoms with Crippen molar-refractivity contribution in [3.8, 4) is 33.4 Å². The average Bonchev–Trinajstić information content (AvgIpc) is 3.77. The van der Waals surface area contributed by atoms with Crippen LogP contribution in [0.25, 0.3) is 33.4 Å². The van der Waals surface area contributed by atoms with E-state index >= 15 is 0 Å². The van der Waals surface area contributed by atoms with Gasteiger partial charge in [0, 0.05) is 22.5 Å². The number of nitrogens with zero attached hydrogens (tertiary/aromatic N) is 1. The van der Waals surface area contributed by atoms with Crippen LogP contribution in [-0.2, 0) is 5.41 Å². The second-order valence-corrected chi connectivity index (χ2v) is 15.0. The van der Waals surface area contributed by atoms with Gasteiger partial charge in [0.15, 0.2) is 0 Å². The number of rotatable bonds is 5. The maximum Gasteiger partial charge on any atom is 0.0468 e. The smallest absolute Gasteiger partial charge is 0.0468 e. The highest BCUT2D eigenvalue weighted by Crippen LogP contribution is 2.89. The summed E-state index contributed by atoms with van der Waals surface area (Å²) in [5, 5.41) is 0. The van der Waals surface area contributed by atoms with Gasteiger partial charge in [0.25, 0.3) is 0 Å². The second-order valence-electron chi connectivity index (χ2n) is 15.0. The molecule has 0 amide bonds. The minimum absolute atomic E-state index is 0.232. The van der Waals surface area contributed by atoms with Gasteiger partial charge in [-0.25, -0.2) is 0 Å². The zero-order valence-electron chi connectivity index (χ0n) is 26.5. The summed E-state index contributed by atoms with van der Waals surface area (Å²) < 4.78 is 0. The Morgan fingerprint density at radius 2 is 0.979 bits per heavy atom. The Morgan fingerprint density at radius 1 is 0.447 bits per heavy atom. The minimum Gasteiger partial charge on any atom is -0.310 e. The van der Waals surface area contributed by atoms with Crippen LogP contribution in [0, 0.1) is 29.1 Å². The third kappa shape index (κ3) is 3.30. The number of fused-ring (bicyclic) bond motifs is 8. The molecule has 0 saturated heterocycles. The summed E-state index contributed by atoms with van der Waals surface area (Å²) in [5.74, 6) is 3.64. The quantitative estimate of drug-likeness (QED) is 0.189. The lowest BCUT2D eigenvalue weighted by molar-refractivity contribution is -0.231. The van der Waals surface area contributed by atoms with Crippen molar-refractivity contribution >= 4 is 17.1 Å². The number of benzene rings is 6. The van der Waals surface area contributed by atoms with Crippen molar-refractivity contribution in [3.63, 3.8) is 0 Å². The molecule has 4 fully saturated rings. The zero-order valence-corrected chi connectivity index (χ0v) is 26.5. The van der Waals surface area contributed by atoms with Gasteiger partial charge in [-0.1, -0.05) is 115 Å². The fourth-order valence-corrected chi connectivity index (χ4v) is 11.8. The Kier molecular flexibility index (Phi) is 5.22. The van der Waals surface area contributed by atoms with E-state index in [1.807, 2.05) is 0 Å². The summed E-state index contributed by atoms with van der Waals surface area (Å²) in [6.45, 7) is 0. The predicted molar refractivity (Wildman–Crippen MR) is 193 cm³/mol. The van der Waals surface area contributed by atoms with Crippen LogP contribution in [-0.4, -0.2) is 0 Å². The number of hydrogen-bond donors (Lipinski definition) is 0. The molecule has 6 atom stereocenters. The lowest BCUT2D eigenvalue weighted by Gasteiger charge is -2.76. The van der Waals surface area contributed by atoms with Gasteiger partial charge >= 0.3 is 0 Å². The molecule has 0 radical (unpaired) electrons. The monoisotopic (exact) mass is 603 g/mol. The molecule has 6 aromatic rings. The Morgan fingerprint density at radius 3 is 1.62 bits per heavy atom. The Hall–Kier alpha value is -4.88. The average molecular weight is 604 g/mol. The van der Waals surface area contributed by atoms with Crippen molar-refractivity contribution in [1.82, 2.24) is 0 Å². The van der Waals surface area contributed by atoms with Gasteiger partial charge in [0.05, 0.1) is 0 Å². The van der Waals surface area contributed by atoms with Crippen LogP contribution in [0.3, 0.4) is 0 Å². The van der Waals surface area contributed by atoms with E-state index in [9.17, 15) is 0 Å². The molecule has 1 heteroatoms. The number of hydrogen-bond acceptors (Lipinski definition) is 1. The molecule has 1 nitrogen and oxygen atoms in total. The topological polar surface area (TPSA) is 3.24 Å². The normalized spacial score (nSPS) is 28.3. The summed E-state index contributed by atoms with van der Waals surface area (Å²) >= 11 is 0. The molecule has 0 aromatic heterocycles. The molecule has 2 bridgehead atoms. The van der Waals surface area contributed by atoms with Gasteiger partial charge in [0.1, 0.15) is 0 Å². The third-order valence-corrected chi connectivity index (χ3v) is 13.3. The van der Waals surface area contributed by atoms with E-state index < -0.39 is 0 Å². The summed E-state index contributed by atoms with van der Waals surface area (Å²) in [6, 6.07) is 56.5. The lowest BCUT2D eigenvalue weighted by Crippen LogP contribution is -2.73. The van der Waals surface area contributed by atoms with E-state index in [-0.39, 0.29) is 5.41 Å². The maximum atomic E-state index is 2.54. The van der Waals surface area contributed by atoms with E-state index in [2.05, 4.69) is 157 Å². The molecular formula is C46H37N. The lowest BCUT2D eigenvalue weighted by atomic mass is 9.27. The molecule has 226 valence electrons. The van der Waals surface area contributed by atoms with Crippen LogP contribution in [0.5, 0.6) is 0 Å². The Bertz CT molecular complexity index is 2080. The van der Waals surface area contributed by atoms with Gasteiger partial charge in [-0.3, -0.25) is 0 Å². The van der Waals surface area contributed by atoms with Crippen molar-refractivity contribution in [1.29, 1.82) is 0 Å². The van der Waals surface area contributed by atoms with E-state index in [0.717, 1.165) is 23.7 Å². The summed E-state index contributed by atoms with van der Waals surface area (Å²) in [4.78, 5) is 2.45. The minimum atomic E-state index is 0.232. The van der Waals surface area contributed by atoms with Crippen LogP contribution in [0.2, 0.25) is 0 Å². The molecule has 47 heavy (non-hydrogen) atoms. The van der Waals surface area contributed by atoms with Crippen molar-refractivity contribution in [2.75, 3.05) is 4.90 Å². The fourth-order valence-electron chi connectivity index (χ4n) is 11.8. The number of anilines is 3. The summed E-state index contributed by atoms with van der Waals surface area (Å²) in [7, 11) is 0. The maximum absolute atomic E-state index is 2.54. The molecule has 0 aliphatic heterocycles. The first kappa shape index (κ1) is 26.2. The molecule has 6 aromatic carbocycles. The Balaban J connectivity index is 1.05. The fraction of sp³-hybridized carbons (Fsp3) is 0.217. The molecule has 6 unspecified atom stereocenters. The van der Waals surface area contributed by atoms with Gasteiger partial charge in [-0.2, -0.15) is 0 Å². The molecule has 4 saturated carbocycles. The largest absolute Gasteiger partial charge is 0.310 e. The highest BCUT2D eigenvalue weighted by atomic mass is 15.1. The first-order valence-corrected chi connectivity index (χ1v) is 17.6. The van der Waals surface area contributed by atoms with Gasteiger partial charge < -0.3 is 4.90 Å². The highest BCUT2D eigenvalue weighted by molar-refractivity contribution is 5.88. The van der Waals surface area contributed by atoms with Gasteiger partial charge in [-0.15, -0.1) is 0 Å². The van der Waals surface area contributed by atoms with Crippen LogP contribution >= 0.6 is 0 Å². The van der Waals surface area contributed by atoms with Crippen molar-refractivity contribution in [3.05, 3.63) is 163 Å². The van der Waals surface area contributed by atoms with Crippen molar-refractivity contribution < 1.29 is 0 Å². The molecule has 5 aliphatic rings. The van der Waals surface area contributed by atoms with Crippen molar-refractivity contribution in [2.45, 2.75) is 31.1 Å². The SMILES string of the molecule is c1ccc(-c2ccc(N(c3ccc(-c4ccccc4)cc3)c3ccc4c(c3)-c3ccccc3C43C4CC5CC6CC3C64C5)cc2)cc1. The van der Waals surface area contributed by atoms with E-state index in [4.69, 9.17) is 0 Å². The van der Waals surface area contributed by atoms with Crippen molar-refractivity contribution in [2.24, 2.45) is 29.1 Å². The first-order valence-electron chi connectivity index (χ1n) is 17.6.